The number of thiophene rings is 1. The van der Waals surface area contributed by atoms with Crippen LogP contribution in [0.4, 0.5) is 0 Å². The molecule has 112 valence electrons. The van der Waals surface area contributed by atoms with E-state index in [1.54, 1.807) is 30.6 Å². The summed E-state index contributed by atoms with van der Waals surface area (Å²) in [5.74, 6) is 0.366. The van der Waals surface area contributed by atoms with Gasteiger partial charge in [0.25, 0.3) is 5.91 Å². The first-order valence-corrected chi connectivity index (χ1v) is 7.48. The van der Waals surface area contributed by atoms with E-state index in [0.717, 1.165) is 0 Å². The van der Waals surface area contributed by atoms with E-state index in [0.29, 0.717) is 18.0 Å². The summed E-state index contributed by atoms with van der Waals surface area (Å²) in [5, 5.41) is 4.99. The van der Waals surface area contributed by atoms with Gasteiger partial charge in [-0.15, -0.1) is 11.3 Å². The van der Waals surface area contributed by atoms with Gasteiger partial charge in [-0.1, -0.05) is 6.07 Å². The van der Waals surface area contributed by atoms with Gasteiger partial charge in [0.05, 0.1) is 18.7 Å². The van der Waals surface area contributed by atoms with Gasteiger partial charge in [-0.25, -0.2) is 4.98 Å². The number of hydrogen-bond donors (Lipinski definition) is 1. The van der Waals surface area contributed by atoms with Crippen molar-refractivity contribution in [2.75, 3.05) is 27.7 Å². The van der Waals surface area contributed by atoms with Crippen molar-refractivity contribution >= 4 is 17.2 Å². The molecule has 0 radical (unpaired) electrons. The molecular weight excluding hydrogens is 286 g/mol. The lowest BCUT2D eigenvalue weighted by Gasteiger charge is -2.23. The molecule has 0 aliphatic heterocycles. The summed E-state index contributed by atoms with van der Waals surface area (Å²) in [7, 11) is 5.56. The van der Waals surface area contributed by atoms with Gasteiger partial charge < -0.3 is 15.0 Å². The second-order valence-corrected chi connectivity index (χ2v) is 5.77. The lowest BCUT2D eigenvalue weighted by Crippen LogP contribution is -2.34. The number of pyridine rings is 1. The predicted octanol–water partition coefficient (Wildman–Crippen LogP) is 2.18. The summed E-state index contributed by atoms with van der Waals surface area (Å²) in [5.41, 5.74) is 0.527. The molecule has 0 aliphatic carbocycles. The van der Waals surface area contributed by atoms with Crippen LogP contribution in [0.5, 0.6) is 5.88 Å². The maximum Gasteiger partial charge on any atom is 0.252 e. The molecular formula is C15H19N3O2S. The fourth-order valence-corrected chi connectivity index (χ4v) is 2.87. The first-order chi connectivity index (χ1) is 10.1. The number of rotatable bonds is 6. The predicted molar refractivity (Wildman–Crippen MR) is 83.9 cm³/mol. The van der Waals surface area contributed by atoms with E-state index >= 15 is 0 Å². The summed E-state index contributed by atoms with van der Waals surface area (Å²) in [4.78, 5) is 19.5. The SMILES string of the molecule is COc1ccc(C(=O)NCC(c2cccs2)N(C)C)cn1. The van der Waals surface area contributed by atoms with Gasteiger partial charge >= 0.3 is 0 Å². The van der Waals surface area contributed by atoms with Crippen LogP contribution in [-0.4, -0.2) is 43.5 Å². The Balaban J connectivity index is 1.98. The Labute approximate surface area is 128 Å². The van der Waals surface area contributed by atoms with Gasteiger partial charge in [0.1, 0.15) is 0 Å². The average Bonchev–Trinajstić information content (AvgIpc) is 3.01. The Morgan fingerprint density at radius 1 is 1.43 bits per heavy atom. The number of methoxy groups -OCH3 is 1. The molecule has 0 spiro atoms. The second-order valence-electron chi connectivity index (χ2n) is 4.79. The minimum Gasteiger partial charge on any atom is -0.481 e. The maximum absolute atomic E-state index is 12.1. The van der Waals surface area contributed by atoms with Crippen LogP contribution in [0.2, 0.25) is 0 Å². The summed E-state index contributed by atoms with van der Waals surface area (Å²) in [6.45, 7) is 0.554. The summed E-state index contributed by atoms with van der Waals surface area (Å²) < 4.78 is 4.98. The first kappa shape index (κ1) is 15.5. The van der Waals surface area contributed by atoms with E-state index in [1.165, 1.54) is 11.1 Å². The fraction of sp³-hybridized carbons (Fsp3) is 0.333. The maximum atomic E-state index is 12.1. The second kappa shape index (κ2) is 7.19. The van der Waals surface area contributed by atoms with Gasteiger partial charge in [0, 0.05) is 23.7 Å². The van der Waals surface area contributed by atoms with Crippen LogP contribution in [0, 0.1) is 0 Å². The number of nitrogens with one attached hydrogen (secondary N) is 1. The molecule has 0 bridgehead atoms. The van der Waals surface area contributed by atoms with E-state index in [2.05, 4.69) is 21.3 Å². The summed E-state index contributed by atoms with van der Waals surface area (Å²) in [6.07, 6.45) is 1.52. The van der Waals surface area contributed by atoms with Crippen molar-refractivity contribution in [3.8, 4) is 5.88 Å². The third kappa shape index (κ3) is 4.03. The Kier molecular flexibility index (Phi) is 5.30. The minimum absolute atomic E-state index is 0.131. The highest BCUT2D eigenvalue weighted by Gasteiger charge is 2.16. The number of hydrogen-bond acceptors (Lipinski definition) is 5. The Bertz CT molecular complexity index is 567. The number of amides is 1. The van der Waals surface area contributed by atoms with Gasteiger partial charge in [-0.05, 0) is 31.6 Å². The van der Waals surface area contributed by atoms with Crippen LogP contribution >= 0.6 is 11.3 Å². The topological polar surface area (TPSA) is 54.5 Å². The molecule has 1 amide bonds. The molecule has 0 aliphatic rings. The van der Waals surface area contributed by atoms with Crippen LogP contribution in [0.15, 0.2) is 35.8 Å². The van der Waals surface area contributed by atoms with E-state index in [4.69, 9.17) is 4.74 Å². The van der Waals surface area contributed by atoms with Crippen LogP contribution in [0.1, 0.15) is 21.3 Å². The van der Waals surface area contributed by atoms with E-state index in [9.17, 15) is 4.79 Å². The average molecular weight is 305 g/mol. The largest absolute Gasteiger partial charge is 0.481 e. The Morgan fingerprint density at radius 3 is 2.76 bits per heavy atom. The van der Waals surface area contributed by atoms with Gasteiger partial charge in [-0.3, -0.25) is 4.79 Å². The third-order valence-electron chi connectivity index (χ3n) is 3.16. The van der Waals surface area contributed by atoms with Crippen molar-refractivity contribution in [3.05, 3.63) is 46.3 Å². The molecule has 2 aromatic heterocycles. The Morgan fingerprint density at radius 2 is 2.24 bits per heavy atom. The molecule has 2 rings (SSSR count). The third-order valence-corrected chi connectivity index (χ3v) is 4.13. The molecule has 1 atom stereocenters. The highest BCUT2D eigenvalue weighted by atomic mass is 32.1. The number of aromatic nitrogens is 1. The molecule has 2 aromatic rings. The number of likely N-dealkylation sites (N-methyl/N-ethyl adjacent to an activating group) is 1. The van der Waals surface area contributed by atoms with Crippen molar-refractivity contribution in [3.63, 3.8) is 0 Å². The summed E-state index contributed by atoms with van der Waals surface area (Å²) in [6, 6.07) is 7.65. The lowest BCUT2D eigenvalue weighted by molar-refractivity contribution is 0.0942. The lowest BCUT2D eigenvalue weighted by atomic mass is 10.2. The molecule has 2 heterocycles. The monoisotopic (exact) mass is 305 g/mol. The zero-order chi connectivity index (χ0) is 15.2. The molecule has 0 saturated carbocycles. The fourth-order valence-electron chi connectivity index (χ4n) is 1.95. The zero-order valence-electron chi connectivity index (χ0n) is 12.4. The van der Waals surface area contributed by atoms with Gasteiger partial charge in [0.2, 0.25) is 5.88 Å². The Hall–Kier alpha value is -1.92. The molecule has 0 fully saturated rings. The van der Waals surface area contributed by atoms with E-state index in [1.807, 2.05) is 25.5 Å². The highest BCUT2D eigenvalue weighted by Crippen LogP contribution is 2.22. The number of carbonyl (C=O) groups is 1. The summed E-state index contributed by atoms with van der Waals surface area (Å²) >= 11 is 1.69. The van der Waals surface area contributed by atoms with Crippen LogP contribution in [-0.2, 0) is 0 Å². The normalized spacial score (nSPS) is 12.2. The van der Waals surface area contributed by atoms with Gasteiger partial charge in [0.15, 0.2) is 0 Å². The van der Waals surface area contributed by atoms with Crippen molar-refractivity contribution in [1.29, 1.82) is 0 Å². The zero-order valence-corrected chi connectivity index (χ0v) is 13.2. The highest BCUT2D eigenvalue weighted by molar-refractivity contribution is 7.10. The minimum atomic E-state index is -0.131. The van der Waals surface area contributed by atoms with Crippen molar-refractivity contribution in [2.45, 2.75) is 6.04 Å². The van der Waals surface area contributed by atoms with Crippen molar-refractivity contribution in [1.82, 2.24) is 15.2 Å². The van der Waals surface area contributed by atoms with E-state index in [-0.39, 0.29) is 11.9 Å². The number of carbonyl (C=O) groups excluding carboxylic acids is 1. The number of nitrogens with zero attached hydrogens (tertiary/aromatic N) is 2. The molecule has 6 heteroatoms. The van der Waals surface area contributed by atoms with Crippen molar-refractivity contribution < 1.29 is 9.53 Å². The van der Waals surface area contributed by atoms with Crippen LogP contribution in [0.3, 0.4) is 0 Å². The van der Waals surface area contributed by atoms with Crippen LogP contribution in [0.25, 0.3) is 0 Å². The molecule has 1 unspecified atom stereocenters. The van der Waals surface area contributed by atoms with Gasteiger partial charge in [-0.2, -0.15) is 0 Å². The van der Waals surface area contributed by atoms with Crippen LogP contribution < -0.4 is 10.1 Å². The first-order valence-electron chi connectivity index (χ1n) is 6.60. The quantitative estimate of drug-likeness (QED) is 0.889. The molecule has 21 heavy (non-hydrogen) atoms. The smallest absolute Gasteiger partial charge is 0.252 e. The number of ether oxygens (including phenoxy) is 1. The van der Waals surface area contributed by atoms with E-state index < -0.39 is 0 Å². The van der Waals surface area contributed by atoms with Crippen molar-refractivity contribution in [2.24, 2.45) is 0 Å². The molecule has 1 N–H and O–H groups in total. The molecule has 5 nitrogen and oxygen atoms in total. The standard InChI is InChI=1S/C15H19N3O2S/c1-18(2)12(13-5-4-8-21-13)10-17-15(19)11-6-7-14(20-3)16-9-11/h4-9,12H,10H2,1-3H3,(H,17,19). The molecule has 0 aromatic carbocycles. The molecule has 0 saturated heterocycles.